The minimum Gasteiger partial charge on any atom is -0.465 e. The summed E-state index contributed by atoms with van der Waals surface area (Å²) in [6.45, 7) is 3.36. The van der Waals surface area contributed by atoms with Gasteiger partial charge in [0, 0.05) is 24.3 Å². The van der Waals surface area contributed by atoms with E-state index in [9.17, 15) is 9.18 Å². The Morgan fingerprint density at radius 2 is 2.35 bits per heavy atom. The summed E-state index contributed by atoms with van der Waals surface area (Å²) in [6.07, 6.45) is 0.939. The number of hydrogen-bond acceptors (Lipinski definition) is 5. The summed E-state index contributed by atoms with van der Waals surface area (Å²) in [6, 6.07) is 2.57. The van der Waals surface area contributed by atoms with Gasteiger partial charge in [0.2, 0.25) is 0 Å². The molecule has 0 aromatic heterocycles. The van der Waals surface area contributed by atoms with Crippen LogP contribution in [0.15, 0.2) is 12.1 Å². The zero-order chi connectivity index (χ0) is 14.7. The highest BCUT2D eigenvalue weighted by atomic mass is 19.1. The van der Waals surface area contributed by atoms with Crippen molar-refractivity contribution in [2.45, 2.75) is 19.4 Å². The fraction of sp³-hybridized carbons (Fsp3) is 0.500. The summed E-state index contributed by atoms with van der Waals surface area (Å²) >= 11 is 0. The second-order valence-electron chi connectivity index (χ2n) is 4.97. The second kappa shape index (κ2) is 6.09. The summed E-state index contributed by atoms with van der Waals surface area (Å²) in [4.78, 5) is 11.6. The molecule has 0 amide bonds. The number of rotatable bonds is 4. The van der Waals surface area contributed by atoms with Gasteiger partial charge in [0.1, 0.15) is 5.82 Å². The van der Waals surface area contributed by atoms with Crippen molar-refractivity contribution in [1.82, 2.24) is 0 Å². The molecule has 2 rings (SSSR count). The summed E-state index contributed by atoms with van der Waals surface area (Å²) in [5, 5.41) is 3.08. The molecule has 2 atom stereocenters. The number of nitrogens with two attached hydrogens (primary N) is 1. The Morgan fingerprint density at radius 1 is 1.60 bits per heavy atom. The molecule has 0 saturated carbocycles. The molecule has 1 heterocycles. The fourth-order valence-electron chi connectivity index (χ4n) is 2.30. The summed E-state index contributed by atoms with van der Waals surface area (Å²) in [5.74, 6) is -0.739. The highest BCUT2D eigenvalue weighted by Crippen LogP contribution is 2.26. The van der Waals surface area contributed by atoms with E-state index in [1.54, 1.807) is 0 Å². The lowest BCUT2D eigenvalue weighted by molar-refractivity contribution is 0.0602. The van der Waals surface area contributed by atoms with Crippen LogP contribution in [0.3, 0.4) is 0 Å². The third-order valence-electron chi connectivity index (χ3n) is 3.60. The smallest absolute Gasteiger partial charge is 0.340 e. The molecule has 0 aliphatic carbocycles. The van der Waals surface area contributed by atoms with Gasteiger partial charge in [-0.25, -0.2) is 9.18 Å². The van der Waals surface area contributed by atoms with Crippen LogP contribution < -0.4 is 11.1 Å². The van der Waals surface area contributed by atoms with E-state index in [0.29, 0.717) is 12.5 Å². The van der Waals surface area contributed by atoms with Crippen LogP contribution in [0, 0.1) is 11.7 Å². The number of nitrogen functional groups attached to an aromatic ring is 1. The first-order chi connectivity index (χ1) is 9.52. The lowest BCUT2D eigenvalue weighted by Gasteiger charge is -2.21. The van der Waals surface area contributed by atoms with E-state index in [2.05, 4.69) is 10.1 Å². The normalized spacial score (nSPS) is 19.6. The van der Waals surface area contributed by atoms with Gasteiger partial charge in [-0.05, 0) is 25.5 Å². The average molecular weight is 282 g/mol. The second-order valence-corrected chi connectivity index (χ2v) is 4.97. The van der Waals surface area contributed by atoms with Crippen molar-refractivity contribution in [1.29, 1.82) is 0 Å². The van der Waals surface area contributed by atoms with Crippen LogP contribution in [0.1, 0.15) is 23.7 Å². The molecule has 20 heavy (non-hydrogen) atoms. The third-order valence-corrected chi connectivity index (χ3v) is 3.60. The first-order valence-electron chi connectivity index (χ1n) is 6.54. The average Bonchev–Trinajstić information content (AvgIpc) is 2.95. The van der Waals surface area contributed by atoms with Gasteiger partial charge in [-0.2, -0.15) is 0 Å². The summed E-state index contributed by atoms with van der Waals surface area (Å²) in [5.41, 5.74) is 6.11. The van der Waals surface area contributed by atoms with E-state index in [4.69, 9.17) is 10.5 Å². The van der Waals surface area contributed by atoms with Crippen molar-refractivity contribution in [2.75, 3.05) is 31.4 Å². The van der Waals surface area contributed by atoms with Gasteiger partial charge >= 0.3 is 5.97 Å². The molecule has 1 aromatic rings. The Hall–Kier alpha value is -1.82. The van der Waals surface area contributed by atoms with Gasteiger partial charge in [-0.15, -0.1) is 0 Å². The first-order valence-corrected chi connectivity index (χ1v) is 6.54. The molecular weight excluding hydrogens is 263 g/mol. The van der Waals surface area contributed by atoms with Crippen LogP contribution in [0.4, 0.5) is 15.8 Å². The highest BCUT2D eigenvalue weighted by Gasteiger charge is 2.23. The molecule has 6 heteroatoms. The molecule has 0 spiro atoms. The molecule has 2 unspecified atom stereocenters. The Kier molecular flexibility index (Phi) is 4.44. The minimum absolute atomic E-state index is 0.0427. The van der Waals surface area contributed by atoms with Crippen LogP contribution in [-0.4, -0.2) is 32.3 Å². The zero-order valence-electron chi connectivity index (χ0n) is 11.6. The topological polar surface area (TPSA) is 73.6 Å². The number of anilines is 2. The molecule has 5 nitrogen and oxygen atoms in total. The van der Waals surface area contributed by atoms with Gasteiger partial charge in [-0.1, -0.05) is 0 Å². The van der Waals surface area contributed by atoms with Gasteiger partial charge in [-0.3, -0.25) is 0 Å². The van der Waals surface area contributed by atoms with Crippen LogP contribution in [0.25, 0.3) is 0 Å². The molecule has 0 bridgehead atoms. The van der Waals surface area contributed by atoms with E-state index in [-0.39, 0.29) is 23.0 Å². The predicted octanol–water partition coefficient (Wildman–Crippen LogP) is 2.03. The molecule has 1 aromatic carbocycles. The van der Waals surface area contributed by atoms with E-state index < -0.39 is 11.8 Å². The maximum Gasteiger partial charge on any atom is 0.340 e. The first kappa shape index (κ1) is 14.6. The van der Waals surface area contributed by atoms with E-state index >= 15 is 0 Å². The van der Waals surface area contributed by atoms with Gasteiger partial charge in [0.15, 0.2) is 0 Å². The number of carbonyl (C=O) groups is 1. The number of ether oxygens (including phenoxy) is 2. The fourth-order valence-corrected chi connectivity index (χ4v) is 2.30. The van der Waals surface area contributed by atoms with Crippen LogP contribution in [0.5, 0.6) is 0 Å². The quantitative estimate of drug-likeness (QED) is 0.653. The lowest BCUT2D eigenvalue weighted by Crippen LogP contribution is -2.26. The van der Waals surface area contributed by atoms with E-state index in [1.807, 2.05) is 6.92 Å². The van der Waals surface area contributed by atoms with Gasteiger partial charge in [0.25, 0.3) is 0 Å². The van der Waals surface area contributed by atoms with Crippen molar-refractivity contribution < 1.29 is 18.7 Å². The van der Waals surface area contributed by atoms with Crippen LogP contribution in [-0.2, 0) is 9.47 Å². The van der Waals surface area contributed by atoms with Crippen molar-refractivity contribution in [3.05, 3.63) is 23.5 Å². The SMILES string of the molecule is COC(=O)c1cc(NC(C)C2CCOC2)c(F)cc1N. The summed E-state index contributed by atoms with van der Waals surface area (Å²) < 4.78 is 23.9. The molecule has 1 aliphatic heterocycles. The van der Waals surface area contributed by atoms with Gasteiger partial charge in [0.05, 0.1) is 25.0 Å². The number of hydrogen-bond donors (Lipinski definition) is 2. The van der Waals surface area contributed by atoms with Crippen LogP contribution >= 0.6 is 0 Å². The van der Waals surface area contributed by atoms with E-state index in [0.717, 1.165) is 19.1 Å². The van der Waals surface area contributed by atoms with Crippen molar-refractivity contribution >= 4 is 17.3 Å². The monoisotopic (exact) mass is 282 g/mol. The Bertz CT molecular complexity index is 501. The number of benzene rings is 1. The molecule has 0 radical (unpaired) electrons. The molecule has 1 saturated heterocycles. The van der Waals surface area contributed by atoms with E-state index in [1.165, 1.54) is 13.2 Å². The number of halogens is 1. The molecular formula is C14H19FN2O3. The predicted molar refractivity (Wildman–Crippen MR) is 74.2 cm³/mol. The maximum absolute atomic E-state index is 13.9. The van der Waals surface area contributed by atoms with Gasteiger partial charge < -0.3 is 20.5 Å². The lowest BCUT2D eigenvalue weighted by atomic mass is 10.00. The zero-order valence-corrected chi connectivity index (χ0v) is 11.6. The van der Waals surface area contributed by atoms with Crippen molar-refractivity contribution in [2.24, 2.45) is 5.92 Å². The molecule has 110 valence electrons. The molecule has 1 fully saturated rings. The molecule has 3 N–H and O–H groups in total. The largest absolute Gasteiger partial charge is 0.465 e. The number of carbonyl (C=O) groups excluding carboxylic acids is 1. The number of esters is 1. The minimum atomic E-state index is -0.581. The molecule has 1 aliphatic rings. The Morgan fingerprint density at radius 3 is 2.95 bits per heavy atom. The third kappa shape index (κ3) is 3.01. The summed E-state index contributed by atoms with van der Waals surface area (Å²) in [7, 11) is 1.26. The maximum atomic E-state index is 13.9. The highest BCUT2D eigenvalue weighted by molar-refractivity contribution is 5.96. The number of nitrogens with one attached hydrogen (secondary N) is 1. The van der Waals surface area contributed by atoms with Crippen molar-refractivity contribution in [3.8, 4) is 0 Å². The standard InChI is InChI=1S/C14H19FN2O3/c1-8(9-3-4-20-7-9)17-13-5-10(14(18)19-2)12(16)6-11(13)15/h5-6,8-9,17H,3-4,7,16H2,1-2H3. The van der Waals surface area contributed by atoms with Crippen molar-refractivity contribution in [3.63, 3.8) is 0 Å². The van der Waals surface area contributed by atoms with Crippen LogP contribution in [0.2, 0.25) is 0 Å². The number of methoxy groups -OCH3 is 1. The Labute approximate surface area is 117 Å². The Balaban J connectivity index is 2.20.